The van der Waals surface area contributed by atoms with Crippen LogP contribution in [0.1, 0.15) is 12.8 Å². The Bertz CT molecular complexity index is 1140. The third-order valence-electron chi connectivity index (χ3n) is 5.10. The lowest BCUT2D eigenvalue weighted by atomic mass is 10.1. The van der Waals surface area contributed by atoms with Crippen molar-refractivity contribution in [1.82, 2.24) is 14.3 Å². The van der Waals surface area contributed by atoms with Crippen LogP contribution in [0.4, 0.5) is 0 Å². The predicted octanol–water partition coefficient (Wildman–Crippen LogP) is 2.88. The number of ether oxygens (including phenoxy) is 3. The molecule has 1 saturated heterocycles. The summed E-state index contributed by atoms with van der Waals surface area (Å²) in [6, 6.07) is 12.3. The molecule has 1 fully saturated rings. The van der Waals surface area contributed by atoms with Gasteiger partial charge in [-0.05, 0) is 37.1 Å². The Morgan fingerprint density at radius 3 is 2.43 bits per heavy atom. The Balaban J connectivity index is 1.46. The van der Waals surface area contributed by atoms with Crippen LogP contribution in [0.2, 0.25) is 0 Å². The van der Waals surface area contributed by atoms with E-state index in [1.165, 1.54) is 24.6 Å². The monoisotopic (exact) mass is 429 g/mol. The van der Waals surface area contributed by atoms with Gasteiger partial charge in [-0.1, -0.05) is 12.1 Å². The molecule has 0 unspecified atom stereocenters. The summed E-state index contributed by atoms with van der Waals surface area (Å²) in [6.45, 7) is 0.683. The van der Waals surface area contributed by atoms with Gasteiger partial charge in [-0.2, -0.15) is 4.31 Å². The molecular formula is C21H23N3O5S. The second-order valence-electron chi connectivity index (χ2n) is 6.94. The number of piperidine rings is 1. The molecule has 0 saturated carbocycles. The van der Waals surface area contributed by atoms with Gasteiger partial charge in [0.25, 0.3) is 0 Å². The molecule has 0 atom stereocenters. The van der Waals surface area contributed by atoms with Crippen molar-refractivity contribution in [2.75, 3.05) is 27.3 Å². The third-order valence-corrected chi connectivity index (χ3v) is 7.02. The van der Waals surface area contributed by atoms with Crippen LogP contribution >= 0.6 is 0 Å². The first-order chi connectivity index (χ1) is 14.5. The molecule has 9 heteroatoms. The number of hydrogen-bond donors (Lipinski definition) is 0. The lowest BCUT2D eigenvalue weighted by molar-refractivity contribution is 0.130. The average Bonchev–Trinajstić information content (AvgIpc) is 2.79. The SMILES string of the molecule is COc1ccc(OC)c(S(=O)(=O)N2CCC(Oc3cnc4ccccc4n3)CC2)c1. The van der Waals surface area contributed by atoms with Gasteiger partial charge in [0.15, 0.2) is 0 Å². The minimum atomic E-state index is -3.72. The summed E-state index contributed by atoms with van der Waals surface area (Å²) < 4.78 is 44.2. The largest absolute Gasteiger partial charge is 0.497 e. The van der Waals surface area contributed by atoms with Crippen molar-refractivity contribution < 1.29 is 22.6 Å². The molecule has 0 amide bonds. The predicted molar refractivity (Wildman–Crippen MR) is 111 cm³/mol. The van der Waals surface area contributed by atoms with Crippen molar-refractivity contribution in [2.24, 2.45) is 0 Å². The fourth-order valence-corrected chi connectivity index (χ4v) is 5.12. The van der Waals surface area contributed by atoms with Gasteiger partial charge in [-0.15, -0.1) is 0 Å². The Hall–Kier alpha value is -2.91. The van der Waals surface area contributed by atoms with Gasteiger partial charge >= 0.3 is 0 Å². The van der Waals surface area contributed by atoms with Gasteiger partial charge in [0.2, 0.25) is 15.9 Å². The molecule has 0 spiro atoms. The molecular weight excluding hydrogens is 406 g/mol. The number of sulfonamides is 1. The van der Waals surface area contributed by atoms with E-state index < -0.39 is 10.0 Å². The van der Waals surface area contributed by atoms with Crippen molar-refractivity contribution >= 4 is 21.1 Å². The number of aromatic nitrogens is 2. The Labute approximate surface area is 175 Å². The van der Waals surface area contributed by atoms with Crippen LogP contribution in [0.25, 0.3) is 11.0 Å². The summed E-state index contributed by atoms with van der Waals surface area (Å²) in [5.74, 6) is 1.20. The normalized spacial score (nSPS) is 15.8. The third kappa shape index (κ3) is 4.03. The van der Waals surface area contributed by atoms with E-state index in [-0.39, 0.29) is 11.0 Å². The molecule has 1 aliphatic rings. The maximum Gasteiger partial charge on any atom is 0.246 e. The molecule has 158 valence electrons. The van der Waals surface area contributed by atoms with Crippen LogP contribution < -0.4 is 14.2 Å². The Kier molecular flexibility index (Phi) is 5.74. The zero-order valence-corrected chi connectivity index (χ0v) is 17.6. The van der Waals surface area contributed by atoms with Crippen molar-refractivity contribution in [3.05, 3.63) is 48.7 Å². The first-order valence-electron chi connectivity index (χ1n) is 9.62. The van der Waals surface area contributed by atoms with E-state index in [2.05, 4.69) is 9.97 Å². The van der Waals surface area contributed by atoms with Crippen LogP contribution in [0.5, 0.6) is 17.4 Å². The zero-order valence-electron chi connectivity index (χ0n) is 16.8. The quantitative estimate of drug-likeness (QED) is 0.595. The van der Waals surface area contributed by atoms with E-state index >= 15 is 0 Å². The first kappa shape index (κ1) is 20.4. The summed E-state index contributed by atoms with van der Waals surface area (Å²) in [7, 11) is -0.771. The smallest absolute Gasteiger partial charge is 0.246 e. The van der Waals surface area contributed by atoms with Crippen molar-refractivity contribution in [3.63, 3.8) is 0 Å². The molecule has 0 N–H and O–H groups in total. The van der Waals surface area contributed by atoms with E-state index in [9.17, 15) is 8.42 Å². The highest BCUT2D eigenvalue weighted by Crippen LogP contribution is 2.32. The molecule has 1 aliphatic heterocycles. The standard InChI is InChI=1S/C21H23N3O5S/c1-27-16-7-8-19(28-2)20(13-16)30(25,26)24-11-9-15(10-12-24)29-21-14-22-17-5-3-4-6-18(17)23-21/h3-8,13-15H,9-12H2,1-2H3. The van der Waals surface area contributed by atoms with Gasteiger partial charge in [0, 0.05) is 19.2 Å². The van der Waals surface area contributed by atoms with Gasteiger partial charge in [-0.3, -0.25) is 0 Å². The molecule has 1 aromatic heterocycles. The highest BCUT2D eigenvalue weighted by atomic mass is 32.2. The minimum Gasteiger partial charge on any atom is -0.497 e. The van der Waals surface area contributed by atoms with E-state index in [0.29, 0.717) is 43.3 Å². The van der Waals surface area contributed by atoms with Gasteiger partial charge in [-0.25, -0.2) is 18.4 Å². The molecule has 2 aromatic carbocycles. The van der Waals surface area contributed by atoms with Crippen molar-refractivity contribution in [2.45, 2.75) is 23.8 Å². The van der Waals surface area contributed by atoms with Gasteiger partial charge < -0.3 is 14.2 Å². The second kappa shape index (κ2) is 8.45. The molecule has 3 aromatic rings. The first-order valence-corrected chi connectivity index (χ1v) is 11.1. The summed E-state index contributed by atoms with van der Waals surface area (Å²) in [5.41, 5.74) is 1.57. The van der Waals surface area contributed by atoms with E-state index in [1.54, 1.807) is 18.3 Å². The number of rotatable bonds is 6. The molecule has 4 rings (SSSR count). The zero-order chi connectivity index (χ0) is 21.1. The molecule has 2 heterocycles. The summed E-state index contributed by atoms with van der Waals surface area (Å²) >= 11 is 0. The summed E-state index contributed by atoms with van der Waals surface area (Å²) in [6.07, 6.45) is 2.59. The number of fused-ring (bicyclic) bond motifs is 1. The van der Waals surface area contributed by atoms with Crippen molar-refractivity contribution in [1.29, 1.82) is 0 Å². The summed E-state index contributed by atoms with van der Waals surface area (Å²) in [4.78, 5) is 8.94. The van der Waals surface area contributed by atoms with Crippen LogP contribution in [-0.2, 0) is 10.0 Å². The van der Waals surface area contributed by atoms with Crippen molar-refractivity contribution in [3.8, 4) is 17.4 Å². The molecule has 0 bridgehead atoms. The fourth-order valence-electron chi connectivity index (χ4n) is 3.48. The number of benzene rings is 2. The molecule has 30 heavy (non-hydrogen) atoms. The lowest BCUT2D eigenvalue weighted by Crippen LogP contribution is -2.41. The highest BCUT2D eigenvalue weighted by Gasteiger charge is 2.32. The van der Waals surface area contributed by atoms with E-state index in [0.717, 1.165) is 11.0 Å². The second-order valence-corrected chi connectivity index (χ2v) is 8.84. The Morgan fingerprint density at radius 1 is 1.00 bits per heavy atom. The minimum absolute atomic E-state index is 0.101. The van der Waals surface area contributed by atoms with Crippen LogP contribution in [0, 0.1) is 0 Å². The van der Waals surface area contributed by atoms with Crippen LogP contribution in [0.3, 0.4) is 0 Å². The maximum atomic E-state index is 13.2. The van der Waals surface area contributed by atoms with Crippen LogP contribution in [-0.4, -0.2) is 56.1 Å². The number of para-hydroxylation sites is 2. The Morgan fingerprint density at radius 2 is 1.73 bits per heavy atom. The average molecular weight is 429 g/mol. The number of methoxy groups -OCH3 is 2. The summed E-state index contributed by atoms with van der Waals surface area (Å²) in [5, 5.41) is 0. The topological polar surface area (TPSA) is 90.9 Å². The molecule has 8 nitrogen and oxygen atoms in total. The van der Waals surface area contributed by atoms with E-state index in [1.807, 2.05) is 24.3 Å². The van der Waals surface area contributed by atoms with Gasteiger partial charge in [0.05, 0.1) is 31.4 Å². The lowest BCUT2D eigenvalue weighted by Gasteiger charge is -2.31. The van der Waals surface area contributed by atoms with Crippen LogP contribution in [0.15, 0.2) is 53.6 Å². The maximum absolute atomic E-state index is 13.2. The fraction of sp³-hybridized carbons (Fsp3) is 0.333. The highest BCUT2D eigenvalue weighted by molar-refractivity contribution is 7.89. The number of nitrogens with zero attached hydrogens (tertiary/aromatic N) is 3. The van der Waals surface area contributed by atoms with E-state index in [4.69, 9.17) is 14.2 Å². The number of hydrogen-bond acceptors (Lipinski definition) is 7. The molecule has 0 aliphatic carbocycles. The van der Waals surface area contributed by atoms with Gasteiger partial charge in [0.1, 0.15) is 22.5 Å². The molecule has 0 radical (unpaired) electrons.